The van der Waals surface area contributed by atoms with Crippen LogP contribution < -0.4 is 5.32 Å². The maximum Gasteiger partial charge on any atom is 0.310 e. The van der Waals surface area contributed by atoms with Gasteiger partial charge >= 0.3 is 5.97 Å². The molecule has 6 heteroatoms. The molecule has 2 rings (SSSR count). The van der Waals surface area contributed by atoms with Gasteiger partial charge in [-0.3, -0.25) is 9.59 Å². The van der Waals surface area contributed by atoms with E-state index in [1.807, 2.05) is 20.8 Å². The minimum absolute atomic E-state index is 0.187. The second kappa shape index (κ2) is 6.24. The third kappa shape index (κ3) is 3.97. The van der Waals surface area contributed by atoms with Crippen molar-refractivity contribution in [1.82, 2.24) is 5.16 Å². The second-order valence-corrected chi connectivity index (χ2v) is 6.47. The summed E-state index contributed by atoms with van der Waals surface area (Å²) in [7, 11) is 0. The first-order valence-corrected chi connectivity index (χ1v) is 7.30. The van der Waals surface area contributed by atoms with Crippen LogP contribution in [0.2, 0.25) is 0 Å². The van der Waals surface area contributed by atoms with Gasteiger partial charge in [-0.25, -0.2) is 0 Å². The molecule has 0 aliphatic rings. The zero-order valence-corrected chi connectivity index (χ0v) is 13.6. The van der Waals surface area contributed by atoms with Crippen molar-refractivity contribution in [1.29, 1.82) is 0 Å². The zero-order valence-electron chi connectivity index (χ0n) is 13.6. The second-order valence-electron chi connectivity index (χ2n) is 6.47. The number of hydrogen-bond donors (Lipinski definition) is 2. The molecule has 23 heavy (non-hydrogen) atoms. The molecule has 1 unspecified atom stereocenters. The molecule has 0 bridgehead atoms. The standard InChI is InChI=1S/C17H20N2O4/c1-10(16(21)22)11-6-5-7-12(8-11)18-15(20)13-9-14(23-19-13)17(2,3)4/h5-10H,1-4H3,(H,18,20)(H,21,22). The highest BCUT2D eigenvalue weighted by Crippen LogP contribution is 2.23. The number of hydrogen-bond acceptors (Lipinski definition) is 4. The Morgan fingerprint density at radius 1 is 1.26 bits per heavy atom. The Kier molecular flexibility index (Phi) is 4.54. The van der Waals surface area contributed by atoms with Crippen LogP contribution in [0, 0.1) is 0 Å². The fourth-order valence-electron chi connectivity index (χ4n) is 1.96. The summed E-state index contributed by atoms with van der Waals surface area (Å²) in [6.07, 6.45) is 0. The average Bonchev–Trinajstić information content (AvgIpc) is 2.96. The van der Waals surface area contributed by atoms with Crippen molar-refractivity contribution >= 4 is 17.6 Å². The predicted octanol–water partition coefficient (Wildman–Crippen LogP) is 3.41. The summed E-state index contributed by atoms with van der Waals surface area (Å²) in [5, 5.41) is 15.5. The van der Waals surface area contributed by atoms with Crippen LogP contribution >= 0.6 is 0 Å². The maximum atomic E-state index is 12.2. The largest absolute Gasteiger partial charge is 0.481 e. The molecular formula is C17H20N2O4. The molecule has 2 N–H and O–H groups in total. The molecule has 1 amide bonds. The smallest absolute Gasteiger partial charge is 0.310 e. The highest BCUT2D eigenvalue weighted by atomic mass is 16.5. The van der Waals surface area contributed by atoms with E-state index in [1.165, 1.54) is 0 Å². The molecule has 1 atom stereocenters. The van der Waals surface area contributed by atoms with Crippen molar-refractivity contribution in [2.75, 3.05) is 5.32 Å². The lowest BCUT2D eigenvalue weighted by molar-refractivity contribution is -0.138. The first-order chi connectivity index (χ1) is 10.7. The summed E-state index contributed by atoms with van der Waals surface area (Å²) in [6, 6.07) is 8.36. The van der Waals surface area contributed by atoms with Gasteiger partial charge in [0.25, 0.3) is 5.91 Å². The molecule has 6 nitrogen and oxygen atoms in total. The van der Waals surface area contributed by atoms with Gasteiger partial charge in [-0.05, 0) is 24.6 Å². The minimum atomic E-state index is -0.917. The van der Waals surface area contributed by atoms with Crippen molar-refractivity contribution in [2.45, 2.75) is 39.0 Å². The fraction of sp³-hybridized carbons (Fsp3) is 0.353. The molecule has 0 radical (unpaired) electrons. The summed E-state index contributed by atoms with van der Waals surface area (Å²) >= 11 is 0. The van der Waals surface area contributed by atoms with Gasteiger partial charge < -0.3 is 14.9 Å². The van der Waals surface area contributed by atoms with Gasteiger partial charge in [0, 0.05) is 17.2 Å². The van der Waals surface area contributed by atoms with E-state index in [0.29, 0.717) is 17.0 Å². The van der Waals surface area contributed by atoms with Gasteiger partial charge in [0.2, 0.25) is 0 Å². The van der Waals surface area contributed by atoms with Crippen molar-refractivity contribution in [3.8, 4) is 0 Å². The fourth-order valence-corrected chi connectivity index (χ4v) is 1.96. The lowest BCUT2D eigenvalue weighted by Crippen LogP contribution is -2.14. The van der Waals surface area contributed by atoms with Crippen molar-refractivity contribution in [3.05, 3.63) is 47.3 Å². The molecule has 1 heterocycles. The predicted molar refractivity (Wildman–Crippen MR) is 85.6 cm³/mol. The molecule has 1 aromatic carbocycles. The number of nitrogens with one attached hydrogen (secondary N) is 1. The number of amides is 1. The van der Waals surface area contributed by atoms with Gasteiger partial charge in [-0.1, -0.05) is 38.1 Å². The van der Waals surface area contributed by atoms with Gasteiger partial charge in [-0.15, -0.1) is 0 Å². The third-order valence-corrected chi connectivity index (χ3v) is 3.50. The lowest BCUT2D eigenvalue weighted by Gasteiger charge is -2.12. The van der Waals surface area contributed by atoms with E-state index in [1.54, 1.807) is 37.3 Å². The summed E-state index contributed by atoms with van der Waals surface area (Å²) in [5.74, 6) is -1.34. The Hall–Kier alpha value is -2.63. The first kappa shape index (κ1) is 16.7. The monoisotopic (exact) mass is 316 g/mol. The van der Waals surface area contributed by atoms with E-state index < -0.39 is 17.8 Å². The Morgan fingerprint density at radius 3 is 2.52 bits per heavy atom. The number of rotatable bonds is 4. The van der Waals surface area contributed by atoms with Crippen LogP contribution in [0.15, 0.2) is 34.9 Å². The van der Waals surface area contributed by atoms with E-state index in [0.717, 1.165) is 0 Å². The van der Waals surface area contributed by atoms with Crippen LogP contribution in [0.5, 0.6) is 0 Å². The summed E-state index contributed by atoms with van der Waals surface area (Å²) in [5.41, 5.74) is 1.08. The van der Waals surface area contributed by atoms with E-state index >= 15 is 0 Å². The number of anilines is 1. The number of carboxylic acid groups (broad SMARTS) is 1. The van der Waals surface area contributed by atoms with Crippen LogP contribution in [-0.4, -0.2) is 22.1 Å². The van der Waals surface area contributed by atoms with E-state index in [-0.39, 0.29) is 11.1 Å². The van der Waals surface area contributed by atoms with E-state index in [4.69, 9.17) is 9.63 Å². The number of benzene rings is 1. The third-order valence-electron chi connectivity index (χ3n) is 3.50. The van der Waals surface area contributed by atoms with Crippen LogP contribution in [0.3, 0.4) is 0 Å². The van der Waals surface area contributed by atoms with E-state index in [2.05, 4.69) is 10.5 Å². The van der Waals surface area contributed by atoms with Crippen molar-refractivity contribution < 1.29 is 19.2 Å². The van der Waals surface area contributed by atoms with Gasteiger partial charge in [-0.2, -0.15) is 0 Å². The minimum Gasteiger partial charge on any atom is -0.481 e. The van der Waals surface area contributed by atoms with Gasteiger partial charge in [0.15, 0.2) is 5.69 Å². The van der Waals surface area contributed by atoms with E-state index in [9.17, 15) is 9.59 Å². The zero-order chi connectivity index (χ0) is 17.2. The Balaban J connectivity index is 2.16. The lowest BCUT2D eigenvalue weighted by atomic mass is 9.93. The number of aliphatic carboxylic acids is 1. The number of carboxylic acids is 1. The summed E-state index contributed by atoms with van der Waals surface area (Å²) in [6.45, 7) is 7.49. The number of nitrogens with zero attached hydrogens (tertiary/aromatic N) is 1. The Morgan fingerprint density at radius 2 is 1.96 bits per heavy atom. The Labute approximate surface area is 134 Å². The first-order valence-electron chi connectivity index (χ1n) is 7.30. The van der Waals surface area contributed by atoms with Crippen LogP contribution in [0.25, 0.3) is 0 Å². The average molecular weight is 316 g/mol. The van der Waals surface area contributed by atoms with Gasteiger partial charge in [0.1, 0.15) is 5.76 Å². The SMILES string of the molecule is CC(C(=O)O)c1cccc(NC(=O)c2cc(C(C)(C)C)on2)c1. The normalized spacial score (nSPS) is 12.7. The molecule has 0 saturated heterocycles. The van der Waals surface area contributed by atoms with Crippen LogP contribution in [0.4, 0.5) is 5.69 Å². The molecule has 0 fully saturated rings. The van der Waals surface area contributed by atoms with Crippen LogP contribution in [-0.2, 0) is 10.2 Å². The molecule has 0 spiro atoms. The maximum absolute atomic E-state index is 12.2. The highest BCUT2D eigenvalue weighted by molar-refractivity contribution is 6.02. The Bertz CT molecular complexity index is 728. The van der Waals surface area contributed by atoms with Gasteiger partial charge in [0.05, 0.1) is 5.92 Å². The quantitative estimate of drug-likeness (QED) is 0.901. The van der Waals surface area contributed by atoms with Crippen molar-refractivity contribution in [3.63, 3.8) is 0 Å². The molecule has 0 aliphatic carbocycles. The molecule has 2 aromatic rings. The molecular weight excluding hydrogens is 296 g/mol. The van der Waals surface area contributed by atoms with Crippen molar-refractivity contribution in [2.24, 2.45) is 0 Å². The summed E-state index contributed by atoms with van der Waals surface area (Å²) < 4.78 is 5.19. The molecule has 122 valence electrons. The number of aromatic nitrogens is 1. The molecule has 0 aliphatic heterocycles. The highest BCUT2D eigenvalue weighted by Gasteiger charge is 2.22. The topological polar surface area (TPSA) is 92.4 Å². The van der Waals surface area contributed by atoms with Crippen LogP contribution in [0.1, 0.15) is 55.4 Å². The molecule has 1 aromatic heterocycles. The molecule has 0 saturated carbocycles. The number of carbonyl (C=O) groups is 2. The number of carbonyl (C=O) groups excluding carboxylic acids is 1. The summed E-state index contributed by atoms with van der Waals surface area (Å²) in [4.78, 5) is 23.3.